The van der Waals surface area contributed by atoms with Crippen LogP contribution in [0.15, 0.2) is 24.3 Å². The van der Waals surface area contributed by atoms with Crippen LogP contribution >= 0.6 is 0 Å². The van der Waals surface area contributed by atoms with Crippen molar-refractivity contribution in [3.8, 4) is 0 Å². The third kappa shape index (κ3) is 5.64. The lowest BCUT2D eigenvalue weighted by atomic mass is 9.70. The lowest BCUT2D eigenvalue weighted by molar-refractivity contribution is 0.185. The van der Waals surface area contributed by atoms with Crippen molar-refractivity contribution < 1.29 is 0 Å². The molecule has 0 aromatic heterocycles. The van der Waals surface area contributed by atoms with Crippen LogP contribution in [0.2, 0.25) is 0 Å². The monoisotopic (exact) mass is 288 g/mol. The van der Waals surface area contributed by atoms with Gasteiger partial charge in [-0.2, -0.15) is 0 Å². The molecule has 1 atom stereocenters. The molecule has 120 valence electrons. The van der Waals surface area contributed by atoms with Crippen molar-refractivity contribution in [2.45, 2.75) is 90.4 Å². The Morgan fingerprint density at radius 1 is 1.10 bits per heavy atom. The average molecular weight is 289 g/mol. The van der Waals surface area contributed by atoms with E-state index in [1.54, 1.807) is 5.57 Å². The van der Waals surface area contributed by atoms with Crippen LogP contribution in [0.1, 0.15) is 90.4 Å². The van der Waals surface area contributed by atoms with Gasteiger partial charge in [-0.3, -0.25) is 0 Å². The molecule has 1 saturated carbocycles. The molecule has 21 heavy (non-hydrogen) atoms. The number of unbranched alkanes of at least 4 members (excludes halogenated alkanes) is 2. The van der Waals surface area contributed by atoms with E-state index in [1.165, 1.54) is 83.5 Å². The van der Waals surface area contributed by atoms with Gasteiger partial charge in [0.15, 0.2) is 0 Å². The molecule has 0 aliphatic heterocycles. The van der Waals surface area contributed by atoms with E-state index in [1.807, 2.05) is 0 Å². The van der Waals surface area contributed by atoms with E-state index in [9.17, 15) is 0 Å². The van der Waals surface area contributed by atoms with Crippen LogP contribution in [0.25, 0.3) is 0 Å². The lowest BCUT2D eigenvalue weighted by Gasteiger charge is -2.35. The van der Waals surface area contributed by atoms with Crippen molar-refractivity contribution in [2.75, 3.05) is 0 Å². The molecule has 0 N–H and O–H groups in total. The third-order valence-corrected chi connectivity index (χ3v) is 5.99. The van der Waals surface area contributed by atoms with E-state index in [4.69, 9.17) is 0 Å². The first-order chi connectivity index (χ1) is 10.3. The Labute approximate surface area is 133 Å². The summed E-state index contributed by atoms with van der Waals surface area (Å²) in [5.74, 6) is 3.12. The molecule has 0 heteroatoms. The van der Waals surface area contributed by atoms with E-state index in [0.29, 0.717) is 0 Å². The molecular weight excluding hydrogens is 252 g/mol. The maximum atomic E-state index is 3.84. The minimum atomic E-state index is 1.01. The van der Waals surface area contributed by atoms with E-state index in [0.717, 1.165) is 17.8 Å². The fourth-order valence-corrected chi connectivity index (χ4v) is 4.48. The highest BCUT2D eigenvalue weighted by molar-refractivity contribution is 5.08. The minimum absolute atomic E-state index is 1.01. The largest absolute Gasteiger partial charge is 0.103 e. The maximum absolute atomic E-state index is 3.84. The minimum Gasteiger partial charge on any atom is -0.103 e. The Morgan fingerprint density at radius 2 is 1.90 bits per heavy atom. The number of allylic oxidation sites excluding steroid dienone is 3. The molecule has 0 aromatic rings. The SMILES string of the molecule is C=CCCC1=CCC(C2CCC(CCCCC)CC2)CC1. The van der Waals surface area contributed by atoms with Gasteiger partial charge >= 0.3 is 0 Å². The molecule has 0 aromatic carbocycles. The van der Waals surface area contributed by atoms with Crippen molar-refractivity contribution in [3.05, 3.63) is 24.3 Å². The maximum Gasteiger partial charge on any atom is -0.0286 e. The summed E-state index contributed by atoms with van der Waals surface area (Å²) in [5.41, 5.74) is 1.71. The van der Waals surface area contributed by atoms with Crippen LogP contribution in [0.5, 0.6) is 0 Å². The lowest BCUT2D eigenvalue weighted by Crippen LogP contribution is -2.23. The van der Waals surface area contributed by atoms with Gasteiger partial charge in [0, 0.05) is 0 Å². The van der Waals surface area contributed by atoms with Gasteiger partial charge in [-0.05, 0) is 62.7 Å². The van der Waals surface area contributed by atoms with Crippen LogP contribution in [-0.4, -0.2) is 0 Å². The molecule has 1 unspecified atom stereocenters. The third-order valence-electron chi connectivity index (χ3n) is 5.99. The normalized spacial score (nSPS) is 30.0. The molecule has 2 rings (SSSR count). The Balaban J connectivity index is 1.66. The second-order valence-electron chi connectivity index (χ2n) is 7.50. The van der Waals surface area contributed by atoms with E-state index >= 15 is 0 Å². The fourth-order valence-electron chi connectivity index (χ4n) is 4.48. The molecule has 0 heterocycles. The highest BCUT2D eigenvalue weighted by Gasteiger charge is 2.28. The Hall–Kier alpha value is -0.520. The van der Waals surface area contributed by atoms with E-state index in [-0.39, 0.29) is 0 Å². The zero-order valence-corrected chi connectivity index (χ0v) is 14.3. The second kappa shape index (κ2) is 9.49. The molecule has 0 bridgehead atoms. The first-order valence-electron chi connectivity index (χ1n) is 9.62. The predicted octanol–water partition coefficient (Wildman–Crippen LogP) is 7.07. The van der Waals surface area contributed by atoms with Crippen LogP contribution in [-0.2, 0) is 0 Å². The zero-order chi connectivity index (χ0) is 14.9. The van der Waals surface area contributed by atoms with Gasteiger partial charge in [0.25, 0.3) is 0 Å². The van der Waals surface area contributed by atoms with Gasteiger partial charge in [-0.25, -0.2) is 0 Å². The Bertz CT molecular complexity index is 317. The van der Waals surface area contributed by atoms with Gasteiger partial charge in [0.05, 0.1) is 0 Å². The second-order valence-corrected chi connectivity index (χ2v) is 7.50. The summed E-state index contributed by atoms with van der Waals surface area (Å²) < 4.78 is 0. The van der Waals surface area contributed by atoms with Crippen molar-refractivity contribution >= 4 is 0 Å². The summed E-state index contributed by atoms with van der Waals surface area (Å²) in [6.07, 6.45) is 23.2. The molecule has 0 nitrogen and oxygen atoms in total. The van der Waals surface area contributed by atoms with Crippen LogP contribution < -0.4 is 0 Å². The quantitative estimate of drug-likeness (QED) is 0.331. The topological polar surface area (TPSA) is 0 Å². The van der Waals surface area contributed by atoms with Crippen LogP contribution in [0.3, 0.4) is 0 Å². The summed E-state index contributed by atoms with van der Waals surface area (Å²) in [6.45, 7) is 6.16. The van der Waals surface area contributed by atoms with Crippen LogP contribution in [0, 0.1) is 17.8 Å². The number of hydrogen-bond acceptors (Lipinski definition) is 0. The summed E-state index contributed by atoms with van der Waals surface area (Å²) in [6, 6.07) is 0. The summed E-state index contributed by atoms with van der Waals surface area (Å²) in [5, 5.41) is 0. The van der Waals surface area contributed by atoms with Crippen molar-refractivity contribution in [2.24, 2.45) is 17.8 Å². The smallest absolute Gasteiger partial charge is 0.0286 e. The molecule has 1 fully saturated rings. The molecule has 0 spiro atoms. The molecule has 2 aliphatic carbocycles. The first kappa shape index (κ1) is 16.8. The van der Waals surface area contributed by atoms with E-state index < -0.39 is 0 Å². The summed E-state index contributed by atoms with van der Waals surface area (Å²) in [7, 11) is 0. The van der Waals surface area contributed by atoms with Gasteiger partial charge in [0.1, 0.15) is 0 Å². The standard InChI is InChI=1S/C21H36/c1-3-5-7-9-19-12-16-21(17-13-19)20-14-10-18(11-15-20)8-6-4-2/h4,10,19-21H,2-3,5-9,11-17H2,1H3. The van der Waals surface area contributed by atoms with Gasteiger partial charge < -0.3 is 0 Å². The summed E-state index contributed by atoms with van der Waals surface area (Å²) >= 11 is 0. The van der Waals surface area contributed by atoms with Crippen molar-refractivity contribution in [3.63, 3.8) is 0 Å². The number of rotatable bonds is 8. The van der Waals surface area contributed by atoms with E-state index in [2.05, 4.69) is 25.7 Å². The molecule has 0 saturated heterocycles. The van der Waals surface area contributed by atoms with Crippen molar-refractivity contribution in [1.82, 2.24) is 0 Å². The van der Waals surface area contributed by atoms with Crippen molar-refractivity contribution in [1.29, 1.82) is 0 Å². The highest BCUT2D eigenvalue weighted by atomic mass is 14.3. The van der Waals surface area contributed by atoms with Gasteiger partial charge in [-0.1, -0.05) is 63.2 Å². The molecular formula is C21H36. The Kier molecular flexibility index (Phi) is 7.61. The fraction of sp³-hybridized carbons (Fsp3) is 0.810. The molecule has 0 radical (unpaired) electrons. The first-order valence-corrected chi connectivity index (χ1v) is 9.62. The average Bonchev–Trinajstić information content (AvgIpc) is 2.54. The van der Waals surface area contributed by atoms with Gasteiger partial charge in [0.2, 0.25) is 0 Å². The zero-order valence-electron chi connectivity index (χ0n) is 14.3. The van der Waals surface area contributed by atoms with Gasteiger partial charge in [-0.15, -0.1) is 6.58 Å². The molecule has 2 aliphatic rings. The summed E-state index contributed by atoms with van der Waals surface area (Å²) in [4.78, 5) is 0. The highest BCUT2D eigenvalue weighted by Crippen LogP contribution is 2.41. The predicted molar refractivity (Wildman–Crippen MR) is 94.4 cm³/mol. The molecule has 0 amide bonds. The Morgan fingerprint density at radius 3 is 2.52 bits per heavy atom. The van der Waals surface area contributed by atoms with Crippen LogP contribution in [0.4, 0.5) is 0 Å². The number of hydrogen-bond donors (Lipinski definition) is 0.